The van der Waals surface area contributed by atoms with Crippen LogP contribution in [0, 0.1) is 0 Å². The van der Waals surface area contributed by atoms with Crippen LogP contribution in [0.15, 0.2) is 31.1 Å². The van der Waals surface area contributed by atoms with E-state index in [-0.39, 0.29) is 0 Å². The molecule has 1 aromatic rings. The monoisotopic (exact) mass is 219 g/mol. The lowest BCUT2D eigenvalue weighted by Crippen LogP contribution is -2.19. The summed E-state index contributed by atoms with van der Waals surface area (Å²) in [6.07, 6.45) is 7.38. The van der Waals surface area contributed by atoms with Crippen molar-refractivity contribution in [3.05, 3.63) is 36.7 Å². The Morgan fingerprint density at radius 1 is 1.56 bits per heavy atom. The summed E-state index contributed by atoms with van der Waals surface area (Å²) in [4.78, 5) is 20.3. The van der Waals surface area contributed by atoms with E-state index in [0.29, 0.717) is 18.1 Å². The molecule has 0 aliphatic rings. The lowest BCUT2D eigenvalue weighted by atomic mass is 10.3. The summed E-state index contributed by atoms with van der Waals surface area (Å²) in [6.45, 7) is 4.28. The first-order valence-corrected chi connectivity index (χ1v) is 4.68. The Hall–Kier alpha value is -2.17. The number of aliphatic carboxylic acids is 1. The standard InChI is InChI=1S/C11H13N3O2/c1-3-6-14(2)11-12-7-9(8-13-11)4-5-10(15)16/h3-5,7-8H,1,6H2,2H3,(H,15,16)/b5-4+. The quantitative estimate of drug-likeness (QED) is 0.595. The average Bonchev–Trinajstić information content (AvgIpc) is 2.27. The van der Waals surface area contributed by atoms with Gasteiger partial charge in [0.2, 0.25) is 5.95 Å². The highest BCUT2D eigenvalue weighted by atomic mass is 16.4. The Bertz CT molecular complexity index is 398. The molecule has 0 saturated heterocycles. The first kappa shape index (κ1) is 11.9. The topological polar surface area (TPSA) is 66.3 Å². The molecule has 0 amide bonds. The second kappa shape index (κ2) is 5.65. The zero-order valence-electron chi connectivity index (χ0n) is 9.00. The van der Waals surface area contributed by atoms with Crippen LogP contribution in [0.2, 0.25) is 0 Å². The number of hydrogen-bond acceptors (Lipinski definition) is 4. The van der Waals surface area contributed by atoms with Crippen molar-refractivity contribution in [2.45, 2.75) is 0 Å². The van der Waals surface area contributed by atoms with Gasteiger partial charge < -0.3 is 10.0 Å². The van der Waals surface area contributed by atoms with Gasteiger partial charge in [0.05, 0.1) is 0 Å². The normalized spacial score (nSPS) is 10.3. The molecule has 1 aromatic heterocycles. The number of aromatic nitrogens is 2. The summed E-state index contributed by atoms with van der Waals surface area (Å²) < 4.78 is 0. The number of hydrogen-bond donors (Lipinski definition) is 1. The number of carboxylic acid groups (broad SMARTS) is 1. The van der Waals surface area contributed by atoms with Gasteiger partial charge in [0.15, 0.2) is 0 Å². The predicted octanol–water partition coefficient (Wildman–Crippen LogP) is 1.20. The maximum atomic E-state index is 10.3. The Morgan fingerprint density at radius 2 is 2.19 bits per heavy atom. The third-order valence-electron chi connectivity index (χ3n) is 1.82. The highest BCUT2D eigenvalue weighted by molar-refractivity contribution is 5.85. The summed E-state index contributed by atoms with van der Waals surface area (Å²) in [5.41, 5.74) is 0.651. The van der Waals surface area contributed by atoms with E-state index in [1.165, 1.54) is 6.08 Å². The average molecular weight is 219 g/mol. The molecule has 0 saturated carbocycles. The largest absolute Gasteiger partial charge is 0.478 e. The molecule has 0 spiro atoms. The molecule has 0 unspecified atom stereocenters. The molecule has 0 radical (unpaired) electrons. The van der Waals surface area contributed by atoms with Crippen molar-refractivity contribution < 1.29 is 9.90 Å². The molecule has 5 heteroatoms. The lowest BCUT2D eigenvalue weighted by molar-refractivity contribution is -0.131. The molecule has 5 nitrogen and oxygen atoms in total. The highest BCUT2D eigenvalue weighted by Crippen LogP contribution is 2.05. The molecule has 0 aromatic carbocycles. The van der Waals surface area contributed by atoms with Gasteiger partial charge in [-0.25, -0.2) is 14.8 Å². The molecular weight excluding hydrogens is 206 g/mol. The number of anilines is 1. The van der Waals surface area contributed by atoms with Gasteiger partial charge in [0.1, 0.15) is 0 Å². The van der Waals surface area contributed by atoms with E-state index < -0.39 is 5.97 Å². The minimum absolute atomic E-state index is 0.576. The van der Waals surface area contributed by atoms with Gasteiger partial charge >= 0.3 is 5.97 Å². The molecule has 1 rings (SSSR count). The van der Waals surface area contributed by atoms with Crippen LogP contribution < -0.4 is 4.90 Å². The van der Waals surface area contributed by atoms with Crippen molar-refractivity contribution >= 4 is 18.0 Å². The van der Waals surface area contributed by atoms with Gasteiger partial charge in [0, 0.05) is 37.6 Å². The molecule has 16 heavy (non-hydrogen) atoms. The summed E-state index contributed by atoms with van der Waals surface area (Å²) in [5.74, 6) is -0.416. The van der Waals surface area contributed by atoms with Crippen molar-refractivity contribution in [2.24, 2.45) is 0 Å². The van der Waals surface area contributed by atoms with Gasteiger partial charge in [-0.1, -0.05) is 6.08 Å². The highest BCUT2D eigenvalue weighted by Gasteiger charge is 2.00. The van der Waals surface area contributed by atoms with E-state index in [2.05, 4.69) is 16.5 Å². The summed E-state index contributed by atoms with van der Waals surface area (Å²) in [6, 6.07) is 0. The second-order valence-electron chi connectivity index (χ2n) is 3.16. The maximum Gasteiger partial charge on any atom is 0.328 e. The molecule has 0 fully saturated rings. The van der Waals surface area contributed by atoms with Crippen molar-refractivity contribution in [3.8, 4) is 0 Å². The van der Waals surface area contributed by atoms with Crippen LogP contribution in [0.25, 0.3) is 6.08 Å². The zero-order chi connectivity index (χ0) is 12.0. The molecule has 1 heterocycles. The van der Waals surface area contributed by atoms with Crippen molar-refractivity contribution in [3.63, 3.8) is 0 Å². The SMILES string of the molecule is C=CCN(C)c1ncc(/C=C/C(=O)O)cn1. The number of likely N-dealkylation sites (N-methyl/N-ethyl adjacent to an activating group) is 1. The molecule has 0 bridgehead atoms. The Balaban J connectivity index is 2.74. The Kier molecular flexibility index (Phi) is 4.20. The van der Waals surface area contributed by atoms with Crippen LogP contribution in [0.3, 0.4) is 0 Å². The fourth-order valence-electron chi connectivity index (χ4n) is 1.06. The van der Waals surface area contributed by atoms with Crippen LogP contribution in [0.5, 0.6) is 0 Å². The zero-order valence-corrected chi connectivity index (χ0v) is 9.00. The lowest BCUT2D eigenvalue weighted by Gasteiger charge is -2.13. The third-order valence-corrected chi connectivity index (χ3v) is 1.82. The van der Waals surface area contributed by atoms with Crippen molar-refractivity contribution in [2.75, 3.05) is 18.5 Å². The van der Waals surface area contributed by atoms with E-state index in [1.54, 1.807) is 18.5 Å². The number of carboxylic acids is 1. The van der Waals surface area contributed by atoms with Crippen LogP contribution in [0.4, 0.5) is 5.95 Å². The summed E-state index contributed by atoms with van der Waals surface area (Å²) in [7, 11) is 1.85. The second-order valence-corrected chi connectivity index (χ2v) is 3.16. The molecule has 0 aliphatic carbocycles. The molecule has 84 valence electrons. The summed E-state index contributed by atoms with van der Waals surface area (Å²) in [5, 5.41) is 8.44. The molecule has 0 atom stereocenters. The van der Waals surface area contributed by atoms with Crippen LogP contribution in [0.1, 0.15) is 5.56 Å². The van der Waals surface area contributed by atoms with Gasteiger partial charge in [0.25, 0.3) is 0 Å². The number of carbonyl (C=O) groups is 1. The first-order chi connectivity index (χ1) is 7.63. The van der Waals surface area contributed by atoms with E-state index in [4.69, 9.17) is 5.11 Å². The van der Waals surface area contributed by atoms with Crippen LogP contribution >= 0.6 is 0 Å². The van der Waals surface area contributed by atoms with E-state index in [1.807, 2.05) is 11.9 Å². The maximum absolute atomic E-state index is 10.3. The predicted molar refractivity (Wildman–Crippen MR) is 62.2 cm³/mol. The molecular formula is C11H13N3O2. The van der Waals surface area contributed by atoms with Crippen molar-refractivity contribution in [1.82, 2.24) is 9.97 Å². The van der Waals surface area contributed by atoms with Gasteiger partial charge in [-0.3, -0.25) is 0 Å². The fourth-order valence-corrected chi connectivity index (χ4v) is 1.06. The minimum Gasteiger partial charge on any atom is -0.478 e. The Labute approximate surface area is 93.8 Å². The smallest absolute Gasteiger partial charge is 0.328 e. The number of rotatable bonds is 5. The summed E-state index contributed by atoms with van der Waals surface area (Å²) >= 11 is 0. The van der Waals surface area contributed by atoms with Crippen LogP contribution in [-0.4, -0.2) is 34.6 Å². The van der Waals surface area contributed by atoms with E-state index in [9.17, 15) is 4.79 Å². The van der Waals surface area contributed by atoms with Crippen LogP contribution in [-0.2, 0) is 4.79 Å². The first-order valence-electron chi connectivity index (χ1n) is 4.68. The van der Waals surface area contributed by atoms with Gasteiger partial charge in [-0.05, 0) is 6.08 Å². The van der Waals surface area contributed by atoms with Gasteiger partial charge in [-0.15, -0.1) is 6.58 Å². The molecule has 1 N–H and O–H groups in total. The number of nitrogens with zero attached hydrogens (tertiary/aromatic N) is 3. The minimum atomic E-state index is -0.993. The third kappa shape index (κ3) is 3.53. The van der Waals surface area contributed by atoms with Crippen molar-refractivity contribution in [1.29, 1.82) is 0 Å². The Morgan fingerprint density at radius 3 is 2.69 bits per heavy atom. The molecule has 0 aliphatic heterocycles. The van der Waals surface area contributed by atoms with E-state index in [0.717, 1.165) is 6.08 Å². The fraction of sp³-hybridized carbons (Fsp3) is 0.182. The van der Waals surface area contributed by atoms with E-state index >= 15 is 0 Å². The van der Waals surface area contributed by atoms with Gasteiger partial charge in [-0.2, -0.15) is 0 Å².